The first-order chi connectivity index (χ1) is 49.2. The van der Waals surface area contributed by atoms with Crippen LogP contribution in [0.4, 0.5) is 34.1 Å². The second-order valence-electron chi connectivity index (χ2n) is 29.8. The second-order valence-corrected chi connectivity index (χ2v) is 29.8. The van der Waals surface area contributed by atoms with Crippen molar-refractivity contribution in [2.75, 3.05) is 9.80 Å². The molecule has 100 heavy (non-hydrogen) atoms. The van der Waals surface area contributed by atoms with Crippen LogP contribution in [0.2, 0.25) is 0 Å². The standard InChI is InChI=1S/C98H106N2/c1-7-12-16-26-62-97(63-27-17-13-8-2)93-67-80(74-32-24-21-25-33-74)45-58-89(93)90-59-46-81(68-94(90)97)77-40-52-84(53-41-77)99(83-48-36-72(37-49-83)71(6)11-5)85-54-42-78(43-55-85)82-47-60-91-92-61-57-88(70-96(92)98(95(91)69-82,64-28-18-14-9-3)65-29-19-15-10-4)100(87-56-44-76-34-35-79(76)66-87)86-50-38-75(39-51-86)73-30-22-20-23-31-73/h20-25,30-33,36-61,66-71H,7-19,26-29,34-35,62-65H2,1-6H3. The predicted octanol–water partition coefficient (Wildman–Crippen LogP) is 29.3. The topological polar surface area (TPSA) is 6.48 Å². The molecule has 11 aromatic rings. The quantitative estimate of drug-likeness (QED) is 0.0388. The average Bonchev–Trinajstić information content (AvgIpc) is 1.56. The highest BCUT2D eigenvalue weighted by atomic mass is 15.1. The summed E-state index contributed by atoms with van der Waals surface area (Å²) in [6.07, 6.45) is 28.2. The Morgan fingerprint density at radius 1 is 0.270 bits per heavy atom. The molecule has 2 nitrogen and oxygen atoms in total. The third-order valence-corrected chi connectivity index (χ3v) is 23.5. The Balaban J connectivity index is 0.816. The van der Waals surface area contributed by atoms with E-state index < -0.39 is 0 Å². The number of unbranched alkanes of at least 4 members (excludes halogenated alkanes) is 12. The number of hydrogen-bond donors (Lipinski definition) is 0. The van der Waals surface area contributed by atoms with Crippen LogP contribution in [-0.4, -0.2) is 0 Å². The molecule has 0 aromatic heterocycles. The summed E-state index contributed by atoms with van der Waals surface area (Å²) in [5.74, 6) is 0.496. The van der Waals surface area contributed by atoms with E-state index in [-0.39, 0.29) is 10.8 Å². The van der Waals surface area contributed by atoms with Gasteiger partial charge in [0, 0.05) is 45.0 Å². The maximum absolute atomic E-state index is 2.63. The van der Waals surface area contributed by atoms with E-state index in [4.69, 9.17) is 0 Å². The van der Waals surface area contributed by atoms with Crippen LogP contribution in [0.5, 0.6) is 0 Å². The molecule has 508 valence electrons. The molecule has 0 spiro atoms. The summed E-state index contributed by atoms with van der Waals surface area (Å²) in [7, 11) is 0. The van der Waals surface area contributed by atoms with Crippen LogP contribution in [0.25, 0.3) is 66.8 Å². The van der Waals surface area contributed by atoms with Crippen molar-refractivity contribution in [2.24, 2.45) is 0 Å². The summed E-state index contributed by atoms with van der Waals surface area (Å²) >= 11 is 0. The first-order valence-corrected chi connectivity index (χ1v) is 39.1. The van der Waals surface area contributed by atoms with Gasteiger partial charge in [-0.1, -0.05) is 302 Å². The van der Waals surface area contributed by atoms with Gasteiger partial charge in [-0.2, -0.15) is 0 Å². The van der Waals surface area contributed by atoms with Crippen LogP contribution in [0, 0.1) is 0 Å². The summed E-state index contributed by atoms with van der Waals surface area (Å²) in [6.45, 7) is 14.0. The highest BCUT2D eigenvalue weighted by Gasteiger charge is 2.45. The molecule has 1 unspecified atom stereocenters. The summed E-state index contributed by atoms with van der Waals surface area (Å²) in [6, 6.07) is 96.9. The van der Waals surface area contributed by atoms with Gasteiger partial charge >= 0.3 is 0 Å². The molecule has 0 saturated heterocycles. The summed E-state index contributed by atoms with van der Waals surface area (Å²) in [5.41, 5.74) is 33.4. The number of benzene rings is 11. The highest BCUT2D eigenvalue weighted by molar-refractivity contribution is 5.90. The Hall–Kier alpha value is -8.98. The number of rotatable bonds is 32. The van der Waals surface area contributed by atoms with E-state index in [9.17, 15) is 0 Å². The molecular formula is C98H106N2. The van der Waals surface area contributed by atoms with Crippen LogP contribution in [0.3, 0.4) is 0 Å². The van der Waals surface area contributed by atoms with Gasteiger partial charge in [-0.05, 0) is 248 Å². The van der Waals surface area contributed by atoms with Crippen LogP contribution in [0.1, 0.15) is 221 Å². The van der Waals surface area contributed by atoms with Gasteiger partial charge in [-0.15, -0.1) is 0 Å². The van der Waals surface area contributed by atoms with Crippen molar-refractivity contribution < 1.29 is 0 Å². The lowest BCUT2D eigenvalue weighted by molar-refractivity contribution is 0.401. The molecule has 0 N–H and O–H groups in total. The Bertz CT molecular complexity index is 4490. The van der Waals surface area contributed by atoms with Crippen molar-refractivity contribution in [3.63, 3.8) is 0 Å². The van der Waals surface area contributed by atoms with Gasteiger partial charge in [0.05, 0.1) is 0 Å². The monoisotopic (exact) mass is 1310 g/mol. The molecule has 0 saturated carbocycles. The van der Waals surface area contributed by atoms with Gasteiger partial charge in [-0.25, -0.2) is 0 Å². The second kappa shape index (κ2) is 31.3. The van der Waals surface area contributed by atoms with Crippen LogP contribution in [0.15, 0.2) is 249 Å². The number of anilines is 6. The van der Waals surface area contributed by atoms with Crippen LogP contribution >= 0.6 is 0 Å². The predicted molar refractivity (Wildman–Crippen MR) is 431 cm³/mol. The molecule has 1 atom stereocenters. The largest absolute Gasteiger partial charge is 0.311 e. The average molecular weight is 1310 g/mol. The summed E-state index contributed by atoms with van der Waals surface area (Å²) < 4.78 is 0. The normalized spacial score (nSPS) is 13.8. The van der Waals surface area contributed by atoms with Crippen molar-refractivity contribution in [1.29, 1.82) is 0 Å². The fourth-order valence-corrected chi connectivity index (χ4v) is 17.5. The number of aryl methyl sites for hydroxylation is 2. The lowest BCUT2D eigenvalue weighted by atomic mass is 9.70. The molecule has 2 heteroatoms. The van der Waals surface area contributed by atoms with Crippen molar-refractivity contribution in [2.45, 2.75) is 206 Å². The minimum absolute atomic E-state index is 0.0267. The van der Waals surface area contributed by atoms with Gasteiger partial charge < -0.3 is 9.80 Å². The molecule has 0 bridgehead atoms. The maximum Gasteiger partial charge on any atom is 0.0465 e. The van der Waals surface area contributed by atoms with E-state index in [1.165, 1.54) is 245 Å². The Labute approximate surface area is 600 Å². The van der Waals surface area contributed by atoms with Crippen molar-refractivity contribution in [1.82, 2.24) is 0 Å². The van der Waals surface area contributed by atoms with Crippen molar-refractivity contribution >= 4 is 34.1 Å². The molecule has 3 aliphatic carbocycles. The van der Waals surface area contributed by atoms with Crippen molar-refractivity contribution in [3.05, 3.63) is 288 Å². The van der Waals surface area contributed by atoms with E-state index in [1.807, 2.05) is 0 Å². The fourth-order valence-electron chi connectivity index (χ4n) is 17.5. The maximum atomic E-state index is 2.63. The van der Waals surface area contributed by atoms with Crippen LogP contribution in [-0.2, 0) is 23.7 Å². The first kappa shape index (κ1) is 68.2. The molecule has 14 rings (SSSR count). The van der Waals surface area contributed by atoms with Gasteiger partial charge in [-0.3, -0.25) is 0 Å². The summed E-state index contributed by atoms with van der Waals surface area (Å²) in [4.78, 5) is 5.02. The first-order valence-electron chi connectivity index (χ1n) is 39.1. The molecule has 11 aromatic carbocycles. The minimum Gasteiger partial charge on any atom is -0.311 e. The molecule has 3 aliphatic rings. The van der Waals surface area contributed by atoms with Gasteiger partial charge in [0.25, 0.3) is 0 Å². The van der Waals surface area contributed by atoms with Crippen molar-refractivity contribution in [3.8, 4) is 66.8 Å². The molecule has 0 fully saturated rings. The van der Waals surface area contributed by atoms with Crippen LogP contribution < -0.4 is 9.80 Å². The zero-order valence-corrected chi connectivity index (χ0v) is 60.9. The van der Waals surface area contributed by atoms with Gasteiger partial charge in [0.15, 0.2) is 0 Å². The molecule has 0 heterocycles. The zero-order valence-electron chi connectivity index (χ0n) is 60.9. The van der Waals surface area contributed by atoms with E-state index in [1.54, 1.807) is 5.56 Å². The zero-order chi connectivity index (χ0) is 68.4. The molecule has 0 amide bonds. The van der Waals surface area contributed by atoms with E-state index in [0.29, 0.717) is 5.92 Å². The molecule has 0 aliphatic heterocycles. The minimum atomic E-state index is -0.116. The third-order valence-electron chi connectivity index (χ3n) is 23.5. The Morgan fingerprint density at radius 2 is 0.570 bits per heavy atom. The highest BCUT2D eigenvalue weighted by Crippen LogP contribution is 2.59. The van der Waals surface area contributed by atoms with Gasteiger partial charge in [0.1, 0.15) is 0 Å². The smallest absolute Gasteiger partial charge is 0.0465 e. The van der Waals surface area contributed by atoms with Gasteiger partial charge in [0.2, 0.25) is 0 Å². The SMILES string of the molecule is CCCCCCC1(CCCCCC)c2cc(-c3ccccc3)ccc2-c2ccc(-c3ccc(N(c4ccc(-c5ccc6c(c5)C(CCCCCC)(CCCCCC)c5cc(N(c7ccc(-c8ccccc8)cc7)c7ccc8c(c7)CC8)ccc5-6)cc4)c4ccc(C(C)CC)cc4)cc3)cc21. The van der Waals surface area contributed by atoms with E-state index in [2.05, 4.69) is 300 Å². The third kappa shape index (κ3) is 13.9. The fraction of sp³-hybridized carbons (Fsp3) is 0.327. The van der Waals surface area contributed by atoms with E-state index in [0.717, 1.165) is 37.1 Å². The number of hydrogen-bond acceptors (Lipinski definition) is 2. The Kier molecular flexibility index (Phi) is 21.3. The lowest BCUT2D eigenvalue weighted by Gasteiger charge is -2.34. The number of fused-ring (bicyclic) bond motifs is 7. The Morgan fingerprint density at radius 3 is 0.940 bits per heavy atom. The number of nitrogens with zero attached hydrogens (tertiary/aromatic N) is 2. The lowest BCUT2D eigenvalue weighted by Crippen LogP contribution is -2.26. The molecule has 0 radical (unpaired) electrons. The van der Waals surface area contributed by atoms with E-state index >= 15 is 0 Å². The summed E-state index contributed by atoms with van der Waals surface area (Å²) in [5, 5.41) is 0. The molecular weight excluding hydrogens is 1210 g/mol.